The molecule has 47 heavy (non-hydrogen) atoms. The van der Waals surface area contributed by atoms with Gasteiger partial charge in [0.25, 0.3) is 5.79 Å². The Morgan fingerprint density at radius 2 is 1.32 bits per heavy atom. The van der Waals surface area contributed by atoms with Gasteiger partial charge in [0.2, 0.25) is 5.91 Å². The maximum atomic E-state index is 13.6. The van der Waals surface area contributed by atoms with Crippen LogP contribution in [0.15, 0.2) is 0 Å². The highest BCUT2D eigenvalue weighted by Crippen LogP contribution is 2.46. The van der Waals surface area contributed by atoms with Gasteiger partial charge in [0.1, 0.15) is 6.10 Å². The van der Waals surface area contributed by atoms with Crippen LogP contribution in [0.3, 0.4) is 0 Å². The number of methoxy groups -OCH3 is 2. The van der Waals surface area contributed by atoms with Gasteiger partial charge in [0.15, 0.2) is 25.0 Å². The van der Waals surface area contributed by atoms with E-state index in [0.717, 1.165) is 0 Å². The van der Waals surface area contributed by atoms with Crippen molar-refractivity contribution >= 4 is 42.8 Å². The maximum Gasteiger partial charge on any atom is 0.366 e. The van der Waals surface area contributed by atoms with Gasteiger partial charge in [-0.05, 0) is 60.8 Å². The molecule has 0 aromatic rings. The monoisotopic (exact) mass is 721 g/mol. The minimum absolute atomic E-state index is 0.0418. The van der Waals surface area contributed by atoms with Crippen LogP contribution >= 0.6 is 0 Å². The number of ether oxygens (including phenoxy) is 3. The van der Waals surface area contributed by atoms with Crippen LogP contribution in [-0.2, 0) is 41.9 Å². The average Bonchev–Trinajstić information content (AvgIpc) is 2.87. The van der Waals surface area contributed by atoms with Crippen molar-refractivity contribution in [1.29, 1.82) is 0 Å². The molecule has 0 bridgehead atoms. The number of carboxylic acid groups (broad SMARTS) is 1. The van der Waals surface area contributed by atoms with Crippen LogP contribution in [0, 0.1) is 0 Å². The van der Waals surface area contributed by atoms with E-state index in [1.807, 2.05) is 0 Å². The van der Waals surface area contributed by atoms with Crippen molar-refractivity contribution in [3.05, 3.63) is 0 Å². The first kappa shape index (κ1) is 43.9. The van der Waals surface area contributed by atoms with Crippen LogP contribution in [0.2, 0.25) is 54.4 Å². The first-order chi connectivity index (χ1) is 20.9. The summed E-state index contributed by atoms with van der Waals surface area (Å²) in [5.74, 6) is -3.91. The fourth-order valence-corrected chi connectivity index (χ4v) is 8.80. The third kappa shape index (κ3) is 10.9. The van der Waals surface area contributed by atoms with E-state index >= 15 is 0 Å². The standard InChI is InChI=1S/C33H67NO10Si3/c1-22(35)34-26-24(43-46(15,16)31(5,6)7)21-33(40-12,29(38)39-11)41-28(26)27(44-47(17,18)32(8,9)10)23(19-20-25(36)37)42-45(13,14)30(2,3)4/h23-24,26-28H,19-21H2,1-18H3,(H,34,35)(H,36,37)/t23-,24+,26-,27-,28-,33+/m1/s1. The lowest BCUT2D eigenvalue weighted by Gasteiger charge is -2.54. The lowest BCUT2D eigenvalue weighted by atomic mass is 9.87. The minimum atomic E-state index is -2.65. The number of carbonyl (C=O) groups is 3. The number of nitrogens with one attached hydrogen (secondary N) is 1. The van der Waals surface area contributed by atoms with Gasteiger partial charge >= 0.3 is 11.9 Å². The van der Waals surface area contributed by atoms with Crippen molar-refractivity contribution in [2.45, 2.75) is 179 Å². The summed E-state index contributed by atoms with van der Waals surface area (Å²) in [4.78, 5) is 38.5. The summed E-state index contributed by atoms with van der Waals surface area (Å²) >= 11 is 0. The molecular formula is C33H67NO10Si3. The topological polar surface area (TPSA) is 139 Å². The molecule has 6 atom stereocenters. The van der Waals surface area contributed by atoms with E-state index in [1.165, 1.54) is 21.1 Å². The summed E-state index contributed by atoms with van der Waals surface area (Å²) in [6, 6.07) is -0.792. The van der Waals surface area contributed by atoms with E-state index in [0.29, 0.717) is 0 Å². The maximum absolute atomic E-state index is 13.6. The smallest absolute Gasteiger partial charge is 0.366 e. The van der Waals surface area contributed by atoms with E-state index in [1.54, 1.807) is 0 Å². The van der Waals surface area contributed by atoms with Crippen LogP contribution < -0.4 is 5.32 Å². The van der Waals surface area contributed by atoms with Gasteiger partial charge in [0, 0.05) is 26.9 Å². The summed E-state index contributed by atoms with van der Waals surface area (Å²) in [6.45, 7) is 33.1. The Kier molecular flexibility index (Phi) is 14.4. The molecule has 0 spiro atoms. The van der Waals surface area contributed by atoms with Crippen LogP contribution in [0.4, 0.5) is 0 Å². The third-order valence-electron chi connectivity index (χ3n) is 10.8. The molecule has 0 aromatic heterocycles. The number of amides is 1. The Hall–Kier alpha value is -1.14. The quantitative estimate of drug-likeness (QED) is 0.145. The molecule has 1 saturated heterocycles. The molecule has 276 valence electrons. The summed E-state index contributed by atoms with van der Waals surface area (Å²) in [6.07, 6.45) is -3.55. The highest BCUT2D eigenvalue weighted by molar-refractivity contribution is 6.75. The second kappa shape index (κ2) is 15.4. The molecule has 0 aromatic carbocycles. The van der Waals surface area contributed by atoms with E-state index in [2.05, 4.69) is 107 Å². The highest BCUT2D eigenvalue weighted by Gasteiger charge is 2.60. The van der Waals surface area contributed by atoms with Gasteiger partial charge in [-0.1, -0.05) is 62.3 Å². The number of carbonyl (C=O) groups excluding carboxylic acids is 2. The van der Waals surface area contributed by atoms with E-state index in [4.69, 9.17) is 27.5 Å². The Bertz CT molecular complexity index is 1090. The Balaban J connectivity index is 4.22. The molecule has 1 aliphatic rings. The molecule has 0 unspecified atom stereocenters. The fraction of sp³-hybridized carbons (Fsp3) is 0.909. The molecule has 0 radical (unpaired) electrons. The van der Waals surface area contributed by atoms with Crippen molar-refractivity contribution in [3.8, 4) is 0 Å². The minimum Gasteiger partial charge on any atom is -0.481 e. The molecule has 11 nitrogen and oxygen atoms in total. The van der Waals surface area contributed by atoms with Crippen molar-refractivity contribution < 1.29 is 47.0 Å². The largest absolute Gasteiger partial charge is 0.481 e. The molecule has 1 rings (SSSR count). The second-order valence-corrected chi connectivity index (χ2v) is 31.8. The predicted molar refractivity (Wildman–Crippen MR) is 192 cm³/mol. The van der Waals surface area contributed by atoms with Gasteiger partial charge in [0.05, 0.1) is 31.5 Å². The van der Waals surface area contributed by atoms with Crippen molar-refractivity contribution in [2.75, 3.05) is 14.2 Å². The normalized spacial score (nSPS) is 24.8. The molecule has 1 fully saturated rings. The first-order valence-corrected chi connectivity index (χ1v) is 25.4. The Labute approximate surface area is 287 Å². The summed E-state index contributed by atoms with van der Waals surface area (Å²) in [7, 11) is -5.05. The SMILES string of the molecule is COC(=O)[C@]1(OC)C[C@H](O[Si](C)(C)C(C)(C)C)[C@@H](NC(C)=O)[C@H]([C@H](O[Si](C)(C)C(C)(C)C)[C@@H](CCC(=O)O)O[Si](C)(C)C(C)(C)C)O1. The third-order valence-corrected chi connectivity index (χ3v) is 24.3. The number of rotatable bonds is 14. The molecule has 1 heterocycles. The van der Waals surface area contributed by atoms with Crippen molar-refractivity contribution in [3.63, 3.8) is 0 Å². The molecule has 0 aliphatic carbocycles. The van der Waals surface area contributed by atoms with Gasteiger partial charge in [-0.3, -0.25) is 9.59 Å². The zero-order valence-electron chi connectivity index (χ0n) is 32.6. The molecular weight excluding hydrogens is 655 g/mol. The zero-order valence-corrected chi connectivity index (χ0v) is 35.6. The number of carboxylic acids is 1. The molecule has 1 amide bonds. The number of hydrogen-bond donors (Lipinski definition) is 2. The molecule has 14 heteroatoms. The van der Waals surface area contributed by atoms with Crippen molar-refractivity contribution in [1.82, 2.24) is 5.32 Å². The highest BCUT2D eigenvalue weighted by atomic mass is 28.4. The fourth-order valence-electron chi connectivity index (χ4n) is 4.78. The van der Waals surface area contributed by atoms with Crippen LogP contribution in [0.5, 0.6) is 0 Å². The molecule has 2 N–H and O–H groups in total. The van der Waals surface area contributed by atoms with Crippen LogP contribution in [0.1, 0.15) is 88.5 Å². The predicted octanol–water partition coefficient (Wildman–Crippen LogP) is 6.83. The lowest BCUT2D eigenvalue weighted by molar-refractivity contribution is -0.301. The van der Waals surface area contributed by atoms with Gasteiger partial charge in [-0.2, -0.15) is 0 Å². The van der Waals surface area contributed by atoms with E-state index < -0.39 is 73.1 Å². The second-order valence-electron chi connectivity index (χ2n) is 17.6. The zero-order chi connectivity index (χ0) is 37.2. The van der Waals surface area contributed by atoms with Crippen LogP contribution in [0.25, 0.3) is 0 Å². The number of aliphatic carboxylic acids is 1. The Morgan fingerprint density at radius 3 is 1.70 bits per heavy atom. The lowest BCUT2D eigenvalue weighted by Crippen LogP contribution is -2.71. The molecule has 1 aliphatic heterocycles. The summed E-state index contributed by atoms with van der Waals surface area (Å²) in [5.41, 5.74) is 0. The van der Waals surface area contributed by atoms with Crippen molar-refractivity contribution in [2.24, 2.45) is 0 Å². The molecule has 0 saturated carbocycles. The summed E-state index contributed by atoms with van der Waals surface area (Å²) in [5, 5.41) is 12.3. The number of esters is 1. The summed E-state index contributed by atoms with van der Waals surface area (Å²) < 4.78 is 39.1. The van der Waals surface area contributed by atoms with Gasteiger partial charge < -0.3 is 37.9 Å². The van der Waals surface area contributed by atoms with E-state index in [-0.39, 0.29) is 40.3 Å². The number of hydrogen-bond acceptors (Lipinski definition) is 9. The average molecular weight is 722 g/mol. The van der Waals surface area contributed by atoms with Gasteiger partial charge in [-0.25, -0.2) is 4.79 Å². The van der Waals surface area contributed by atoms with Crippen LogP contribution in [-0.4, -0.2) is 98.4 Å². The van der Waals surface area contributed by atoms with Gasteiger partial charge in [-0.15, -0.1) is 0 Å². The Morgan fingerprint density at radius 1 is 0.851 bits per heavy atom. The van der Waals surface area contributed by atoms with E-state index in [9.17, 15) is 19.5 Å². The first-order valence-electron chi connectivity index (χ1n) is 16.7.